The maximum atomic E-state index is 9.10. The van der Waals surface area contributed by atoms with E-state index in [4.69, 9.17) is 10.4 Å². The molecule has 0 aliphatic rings. The van der Waals surface area contributed by atoms with Gasteiger partial charge in [0.05, 0.1) is 6.07 Å². The smallest absolute Gasteiger partial charge is 0.0621 e. The van der Waals surface area contributed by atoms with Gasteiger partial charge in [-0.05, 0) is 24.3 Å². The molecule has 0 aliphatic carbocycles. The molecule has 1 N–H and O–H groups in total. The Bertz CT molecular complexity index is 289. The molecule has 14 heavy (non-hydrogen) atoms. The van der Waals surface area contributed by atoms with Crippen molar-refractivity contribution in [1.29, 1.82) is 5.26 Å². The largest absolute Gasteiger partial charge is 0.396 e. The summed E-state index contributed by atoms with van der Waals surface area (Å²) in [6, 6.07) is 12.2. The van der Waals surface area contributed by atoms with Crippen LogP contribution in [-0.4, -0.2) is 11.7 Å². The predicted octanol–water partition coefficient (Wildman–Crippen LogP) is 2.14. The van der Waals surface area contributed by atoms with Crippen molar-refractivity contribution < 1.29 is 5.11 Å². The van der Waals surface area contributed by atoms with E-state index in [1.54, 1.807) is 0 Å². The van der Waals surface area contributed by atoms with Crippen molar-refractivity contribution in [3.8, 4) is 6.07 Å². The van der Waals surface area contributed by atoms with Crippen LogP contribution in [0.4, 0.5) is 0 Å². The normalized spacial score (nSPS) is 12.0. The molecule has 0 amide bonds. The van der Waals surface area contributed by atoms with E-state index >= 15 is 0 Å². The van der Waals surface area contributed by atoms with E-state index in [-0.39, 0.29) is 12.5 Å². The highest BCUT2D eigenvalue weighted by Gasteiger charge is 2.07. The highest BCUT2D eigenvalue weighted by molar-refractivity contribution is 5.15. The SMILES string of the molecule is N#CCC[C@@H](CO)Cc1ccccc1. The fourth-order valence-corrected chi connectivity index (χ4v) is 1.47. The second kappa shape index (κ2) is 6.17. The molecule has 0 saturated heterocycles. The number of benzene rings is 1. The lowest BCUT2D eigenvalue weighted by atomic mass is 9.96. The minimum absolute atomic E-state index is 0.163. The van der Waals surface area contributed by atoms with Crippen LogP contribution >= 0.6 is 0 Å². The molecular weight excluding hydrogens is 174 g/mol. The van der Waals surface area contributed by atoms with Gasteiger partial charge in [-0.15, -0.1) is 0 Å². The monoisotopic (exact) mass is 189 g/mol. The van der Waals surface area contributed by atoms with Crippen molar-refractivity contribution in [3.63, 3.8) is 0 Å². The Morgan fingerprint density at radius 1 is 1.29 bits per heavy atom. The zero-order chi connectivity index (χ0) is 10.2. The van der Waals surface area contributed by atoms with Crippen LogP contribution in [0.3, 0.4) is 0 Å². The quantitative estimate of drug-likeness (QED) is 0.771. The molecular formula is C12H15NO. The summed E-state index contributed by atoms with van der Waals surface area (Å²) in [6.45, 7) is 0.163. The molecule has 0 spiro atoms. The number of hydrogen-bond acceptors (Lipinski definition) is 2. The van der Waals surface area contributed by atoms with Crippen molar-refractivity contribution in [1.82, 2.24) is 0 Å². The van der Waals surface area contributed by atoms with Gasteiger partial charge in [0, 0.05) is 13.0 Å². The molecule has 0 unspecified atom stereocenters. The van der Waals surface area contributed by atoms with Gasteiger partial charge in [0.25, 0.3) is 0 Å². The second-order valence-corrected chi connectivity index (χ2v) is 3.44. The molecule has 0 heterocycles. The maximum absolute atomic E-state index is 9.10. The van der Waals surface area contributed by atoms with Gasteiger partial charge < -0.3 is 5.11 Å². The van der Waals surface area contributed by atoms with Gasteiger partial charge in [0.2, 0.25) is 0 Å². The Labute approximate surface area is 84.8 Å². The zero-order valence-corrected chi connectivity index (χ0v) is 8.19. The number of nitriles is 1. The van der Waals surface area contributed by atoms with Gasteiger partial charge in [-0.25, -0.2) is 0 Å². The van der Waals surface area contributed by atoms with Gasteiger partial charge in [0.1, 0.15) is 0 Å². The van der Waals surface area contributed by atoms with E-state index in [0.29, 0.717) is 6.42 Å². The summed E-state index contributed by atoms with van der Waals surface area (Å²) in [6.07, 6.45) is 2.17. The summed E-state index contributed by atoms with van der Waals surface area (Å²) in [5.74, 6) is 0.219. The van der Waals surface area contributed by atoms with Crippen LogP contribution in [0, 0.1) is 17.2 Å². The van der Waals surface area contributed by atoms with Crippen molar-refractivity contribution in [3.05, 3.63) is 35.9 Å². The molecule has 2 heteroatoms. The zero-order valence-electron chi connectivity index (χ0n) is 8.19. The molecule has 0 radical (unpaired) electrons. The number of hydrogen-bond donors (Lipinski definition) is 1. The molecule has 1 aromatic carbocycles. The molecule has 0 saturated carbocycles. The average Bonchev–Trinajstić information content (AvgIpc) is 2.25. The summed E-state index contributed by atoms with van der Waals surface area (Å²) in [5, 5.41) is 17.5. The Morgan fingerprint density at radius 2 is 2.00 bits per heavy atom. The third kappa shape index (κ3) is 3.59. The van der Waals surface area contributed by atoms with E-state index < -0.39 is 0 Å². The van der Waals surface area contributed by atoms with Crippen molar-refractivity contribution in [2.45, 2.75) is 19.3 Å². The summed E-state index contributed by atoms with van der Waals surface area (Å²) in [4.78, 5) is 0. The minimum Gasteiger partial charge on any atom is -0.396 e. The minimum atomic E-state index is 0.163. The van der Waals surface area contributed by atoms with E-state index in [1.165, 1.54) is 5.56 Å². The average molecular weight is 189 g/mol. The first-order chi connectivity index (χ1) is 6.86. The van der Waals surface area contributed by atoms with E-state index in [1.807, 2.05) is 18.2 Å². The molecule has 0 aromatic heterocycles. The first kappa shape index (κ1) is 10.7. The summed E-state index contributed by atoms with van der Waals surface area (Å²) in [5.41, 5.74) is 1.23. The maximum Gasteiger partial charge on any atom is 0.0621 e. The number of nitrogens with zero attached hydrogens (tertiary/aromatic N) is 1. The fourth-order valence-electron chi connectivity index (χ4n) is 1.47. The van der Waals surface area contributed by atoms with Gasteiger partial charge in [-0.3, -0.25) is 0 Å². The number of rotatable bonds is 5. The van der Waals surface area contributed by atoms with Crippen molar-refractivity contribution >= 4 is 0 Å². The molecule has 2 nitrogen and oxygen atoms in total. The van der Waals surface area contributed by atoms with Crippen LogP contribution in [0.15, 0.2) is 30.3 Å². The lowest BCUT2D eigenvalue weighted by molar-refractivity contribution is 0.219. The standard InChI is InChI=1S/C12H15NO/c13-8-4-7-12(10-14)9-11-5-2-1-3-6-11/h1-3,5-6,12,14H,4,7,9-10H2/t12-/m1/s1. The van der Waals surface area contributed by atoms with Crippen LogP contribution in [0.1, 0.15) is 18.4 Å². The van der Waals surface area contributed by atoms with E-state index in [9.17, 15) is 0 Å². The van der Waals surface area contributed by atoms with Crippen LogP contribution in [0.5, 0.6) is 0 Å². The van der Waals surface area contributed by atoms with E-state index in [0.717, 1.165) is 12.8 Å². The Morgan fingerprint density at radius 3 is 2.57 bits per heavy atom. The summed E-state index contributed by atoms with van der Waals surface area (Å²) >= 11 is 0. The Kier molecular flexibility index (Phi) is 4.74. The number of aliphatic hydroxyl groups excluding tert-OH is 1. The topological polar surface area (TPSA) is 44.0 Å². The van der Waals surface area contributed by atoms with Gasteiger partial charge in [-0.2, -0.15) is 5.26 Å². The van der Waals surface area contributed by atoms with Gasteiger partial charge in [0.15, 0.2) is 0 Å². The third-order valence-electron chi connectivity index (χ3n) is 2.29. The predicted molar refractivity (Wildman–Crippen MR) is 55.6 cm³/mol. The molecule has 1 aromatic rings. The van der Waals surface area contributed by atoms with Crippen molar-refractivity contribution in [2.75, 3.05) is 6.61 Å². The summed E-state index contributed by atoms with van der Waals surface area (Å²) < 4.78 is 0. The van der Waals surface area contributed by atoms with Crippen LogP contribution < -0.4 is 0 Å². The lowest BCUT2D eigenvalue weighted by Crippen LogP contribution is -2.09. The second-order valence-electron chi connectivity index (χ2n) is 3.44. The fraction of sp³-hybridized carbons (Fsp3) is 0.417. The highest BCUT2D eigenvalue weighted by atomic mass is 16.3. The van der Waals surface area contributed by atoms with Crippen LogP contribution in [0.2, 0.25) is 0 Å². The van der Waals surface area contributed by atoms with Gasteiger partial charge in [-0.1, -0.05) is 30.3 Å². The van der Waals surface area contributed by atoms with Crippen LogP contribution in [-0.2, 0) is 6.42 Å². The highest BCUT2D eigenvalue weighted by Crippen LogP contribution is 2.13. The van der Waals surface area contributed by atoms with Crippen molar-refractivity contribution in [2.24, 2.45) is 5.92 Å². The lowest BCUT2D eigenvalue weighted by Gasteiger charge is -2.11. The first-order valence-electron chi connectivity index (χ1n) is 4.88. The molecule has 1 rings (SSSR count). The molecule has 1 atom stereocenters. The van der Waals surface area contributed by atoms with Crippen LogP contribution in [0.25, 0.3) is 0 Å². The Balaban J connectivity index is 2.45. The van der Waals surface area contributed by atoms with E-state index in [2.05, 4.69) is 18.2 Å². The molecule has 0 fully saturated rings. The molecule has 74 valence electrons. The summed E-state index contributed by atoms with van der Waals surface area (Å²) in [7, 11) is 0. The third-order valence-corrected chi connectivity index (χ3v) is 2.29. The van der Waals surface area contributed by atoms with Gasteiger partial charge >= 0.3 is 0 Å². The molecule has 0 aliphatic heterocycles. The first-order valence-corrected chi connectivity index (χ1v) is 4.88. The number of aliphatic hydroxyl groups is 1. The molecule has 0 bridgehead atoms. The Hall–Kier alpha value is -1.33.